The van der Waals surface area contributed by atoms with Crippen LogP contribution in [0.2, 0.25) is 0 Å². The highest BCUT2D eigenvalue weighted by atomic mass is 35.5. The van der Waals surface area contributed by atoms with Gasteiger partial charge in [0.05, 0.1) is 0 Å². The predicted molar refractivity (Wildman–Crippen MR) is 116 cm³/mol. The SMILES string of the molecule is O=P(O)(O)C(Cl)(Cl)P(=O)(O)O.O=P(O)(O)C(Cl)(Cl)P(=O)(O)O.O=P(O)(O)C(Cl)(Cl)P(=O)(O)O. The van der Waals surface area contributed by atoms with Gasteiger partial charge in [-0.15, -0.1) is 0 Å². The Balaban J connectivity index is -0.000000409. The maximum atomic E-state index is 10.2. The van der Waals surface area contributed by atoms with Crippen LogP contribution in [0.15, 0.2) is 0 Å². The molecule has 0 unspecified atom stereocenters. The molecule has 0 bridgehead atoms. The Labute approximate surface area is 212 Å². The smallest absolute Gasteiger partial charge is 0.322 e. The maximum absolute atomic E-state index is 10.2. The van der Waals surface area contributed by atoms with Gasteiger partial charge in [0.15, 0.2) is 0 Å². The Morgan fingerprint density at radius 3 is 0.364 bits per heavy atom. The van der Waals surface area contributed by atoms with Crippen LogP contribution in [0.25, 0.3) is 0 Å². The van der Waals surface area contributed by atoms with E-state index in [0.717, 1.165) is 0 Å². The van der Waals surface area contributed by atoms with Crippen LogP contribution in [0.1, 0.15) is 0 Å². The van der Waals surface area contributed by atoms with E-state index >= 15 is 0 Å². The largest absolute Gasteiger partial charge is 0.373 e. The van der Waals surface area contributed by atoms with Crippen molar-refractivity contribution in [3.8, 4) is 0 Å². The van der Waals surface area contributed by atoms with Gasteiger partial charge in [-0.3, -0.25) is 27.4 Å². The number of rotatable bonds is 6. The third-order valence-electron chi connectivity index (χ3n) is 2.10. The van der Waals surface area contributed by atoms with Crippen molar-refractivity contribution in [1.29, 1.82) is 0 Å². The van der Waals surface area contributed by atoms with E-state index in [4.69, 9.17) is 128 Å². The van der Waals surface area contributed by atoms with Gasteiger partial charge in [0.2, 0.25) is 0 Å². The van der Waals surface area contributed by atoms with E-state index < -0.39 is 57.0 Å². The summed E-state index contributed by atoms with van der Waals surface area (Å²) in [5.74, 6) is 0. The molecule has 0 fully saturated rings. The van der Waals surface area contributed by atoms with Crippen molar-refractivity contribution < 1.29 is 86.1 Å². The Morgan fingerprint density at radius 2 is 0.364 bits per heavy atom. The van der Waals surface area contributed by atoms with Gasteiger partial charge in [0.1, 0.15) is 0 Å². The number of hydrogen-bond acceptors (Lipinski definition) is 6. The highest BCUT2D eigenvalue weighted by Crippen LogP contribution is 2.75. The van der Waals surface area contributed by atoms with Gasteiger partial charge in [-0.2, -0.15) is 0 Å². The number of halogens is 6. The molecule has 0 aromatic rings. The molecule has 0 atom stereocenters. The first kappa shape index (κ1) is 40.1. The molecule has 0 aliphatic carbocycles. The first-order chi connectivity index (χ1) is 13.5. The summed E-state index contributed by atoms with van der Waals surface area (Å²) < 4.78 is 51.4. The second kappa shape index (κ2) is 12.2. The summed E-state index contributed by atoms with van der Waals surface area (Å²) >= 11 is 28.4. The fourth-order valence-electron chi connectivity index (χ4n) is 0.509. The zero-order valence-electron chi connectivity index (χ0n) is 14.3. The molecule has 12 N–H and O–H groups in total. The van der Waals surface area contributed by atoms with E-state index in [1.165, 1.54) is 0 Å². The summed E-state index contributed by atoms with van der Waals surface area (Å²) in [5, 5.41) is 0. The minimum atomic E-state index is -5.22. The van der Waals surface area contributed by atoms with Gasteiger partial charge in [0, 0.05) is 0 Å². The van der Waals surface area contributed by atoms with Crippen LogP contribution in [0.5, 0.6) is 0 Å². The molecular weight excluding hydrogens is 723 g/mol. The molecule has 0 amide bonds. The average molecular weight is 735 g/mol. The monoisotopic (exact) mass is 732 g/mol. The van der Waals surface area contributed by atoms with E-state index in [0.29, 0.717) is 0 Å². The van der Waals surface area contributed by atoms with Crippen molar-refractivity contribution in [2.24, 2.45) is 0 Å². The predicted octanol–water partition coefficient (Wildman–Crippen LogP) is 1.29. The lowest BCUT2D eigenvalue weighted by Gasteiger charge is -2.20. The fourth-order valence-corrected chi connectivity index (χ4v) is 4.58. The second-order valence-corrected chi connectivity index (χ2v) is 23.5. The molecule has 0 heterocycles. The summed E-state index contributed by atoms with van der Waals surface area (Å²) in [6, 6.07) is 0. The lowest BCUT2D eigenvalue weighted by molar-refractivity contribution is 0.341. The van der Waals surface area contributed by atoms with Gasteiger partial charge >= 0.3 is 57.0 Å². The zero-order valence-corrected chi connectivity index (χ0v) is 24.2. The van der Waals surface area contributed by atoms with E-state index in [1.807, 2.05) is 0 Å². The quantitative estimate of drug-likeness (QED) is 0.135. The van der Waals surface area contributed by atoms with E-state index in [9.17, 15) is 27.4 Å². The molecule has 0 saturated heterocycles. The van der Waals surface area contributed by atoms with Crippen LogP contribution in [0.3, 0.4) is 0 Å². The van der Waals surface area contributed by atoms with Crippen molar-refractivity contribution in [2.75, 3.05) is 0 Å². The van der Waals surface area contributed by atoms with Crippen molar-refractivity contribution in [1.82, 2.24) is 0 Å². The molecule has 204 valence electrons. The fraction of sp³-hybridized carbons (Fsp3) is 1.00. The van der Waals surface area contributed by atoms with E-state index in [1.54, 1.807) is 0 Å². The average Bonchev–Trinajstić information content (AvgIpc) is 2.41. The molecule has 30 heteroatoms. The third-order valence-corrected chi connectivity index (χ3v) is 18.9. The van der Waals surface area contributed by atoms with Gasteiger partial charge in [-0.25, -0.2) is 0 Å². The van der Waals surface area contributed by atoms with E-state index in [-0.39, 0.29) is 0 Å². The third kappa shape index (κ3) is 11.5. The first-order valence-corrected chi connectivity index (χ1v) is 17.9. The maximum Gasteiger partial charge on any atom is 0.373 e. The summed E-state index contributed by atoms with van der Waals surface area (Å²) in [7, 11) is -31.3. The van der Waals surface area contributed by atoms with Crippen LogP contribution in [-0.4, -0.2) is 70.2 Å². The van der Waals surface area contributed by atoms with Crippen molar-refractivity contribution >= 4 is 115 Å². The minimum Gasteiger partial charge on any atom is -0.322 e. The van der Waals surface area contributed by atoms with Gasteiger partial charge in [0.25, 0.3) is 0 Å². The molecule has 0 aromatic heterocycles. The topological polar surface area (TPSA) is 345 Å². The van der Waals surface area contributed by atoms with Crippen LogP contribution in [0.4, 0.5) is 0 Å². The molecule has 0 aliphatic rings. The normalized spacial score (nSPS) is 15.1. The summed E-state index contributed by atoms with van der Waals surface area (Å²) in [6.45, 7) is 0. The standard InChI is InChI=1S/3CH4Cl2O6P2/c3*2-1(3,10(4,5)6)11(7,8)9/h3*(H2,4,5,6)(H2,7,8,9). The molecule has 0 radical (unpaired) electrons. The molecule has 0 spiro atoms. The number of hydrogen-bond donors (Lipinski definition) is 12. The molecule has 33 heavy (non-hydrogen) atoms. The second-order valence-electron chi connectivity index (χ2n) is 4.79. The van der Waals surface area contributed by atoms with Crippen molar-refractivity contribution in [3.05, 3.63) is 0 Å². The Kier molecular flexibility index (Phi) is 14.9. The lowest BCUT2D eigenvalue weighted by Crippen LogP contribution is -2.13. The summed E-state index contributed by atoms with van der Waals surface area (Å²) in [6.07, 6.45) is 0. The molecule has 0 rings (SSSR count). The van der Waals surface area contributed by atoms with Crippen LogP contribution >= 0.6 is 115 Å². The summed E-state index contributed by atoms with van der Waals surface area (Å²) in [4.78, 5) is 98.8. The van der Waals surface area contributed by atoms with Gasteiger partial charge in [-0.1, -0.05) is 69.6 Å². The molecule has 18 nitrogen and oxygen atoms in total. The van der Waals surface area contributed by atoms with Crippen LogP contribution in [-0.2, 0) is 27.4 Å². The van der Waals surface area contributed by atoms with E-state index in [2.05, 4.69) is 0 Å². The Hall–Kier alpha value is 2.64. The molecule has 0 aromatic carbocycles. The molecule has 0 aliphatic heterocycles. The highest BCUT2D eigenvalue weighted by molar-refractivity contribution is 7.79. The van der Waals surface area contributed by atoms with Crippen molar-refractivity contribution in [2.45, 2.75) is 11.4 Å². The number of alkyl halides is 6. The first-order valence-electron chi connectivity index (χ1n) is 5.97. The highest BCUT2D eigenvalue weighted by Gasteiger charge is 2.59. The molecular formula is C3H12Cl6O18P6. The lowest BCUT2D eigenvalue weighted by atomic mass is 11.8. The van der Waals surface area contributed by atoms with Gasteiger partial charge in [-0.05, 0) is 0 Å². The van der Waals surface area contributed by atoms with Crippen molar-refractivity contribution in [3.63, 3.8) is 0 Å². The van der Waals surface area contributed by atoms with Crippen LogP contribution in [0, 0.1) is 0 Å². The Bertz CT molecular complexity index is 757. The van der Waals surface area contributed by atoms with Gasteiger partial charge < -0.3 is 58.7 Å². The minimum absolute atomic E-state index is 3.35. The zero-order chi connectivity index (χ0) is 28.5. The van der Waals surface area contributed by atoms with Crippen LogP contribution < -0.4 is 0 Å². The summed E-state index contributed by atoms with van der Waals surface area (Å²) in [5.41, 5.74) is 0. The Morgan fingerprint density at radius 1 is 0.303 bits per heavy atom. The molecule has 0 saturated carbocycles.